The minimum atomic E-state index is -0.482. The zero-order valence-electron chi connectivity index (χ0n) is 10.9. The fourth-order valence-electron chi connectivity index (χ4n) is 2.10. The Morgan fingerprint density at radius 3 is 2.48 bits per heavy atom. The molecule has 1 fully saturated rings. The highest BCUT2D eigenvalue weighted by Crippen LogP contribution is 2.24. The molecule has 0 aliphatic carbocycles. The number of carbonyl (C=O) groups is 2. The van der Waals surface area contributed by atoms with Gasteiger partial charge in [0.15, 0.2) is 0 Å². The number of benzene rings is 2. The van der Waals surface area contributed by atoms with Gasteiger partial charge in [-0.3, -0.25) is 4.79 Å². The first-order chi connectivity index (χ1) is 10.1. The van der Waals surface area contributed by atoms with Crippen molar-refractivity contribution in [2.75, 3.05) is 4.90 Å². The molecule has 1 aliphatic heterocycles. The molecule has 0 bridgehead atoms. The van der Waals surface area contributed by atoms with E-state index in [1.165, 1.54) is 0 Å². The molecule has 0 unspecified atom stereocenters. The number of halogens is 1. The monoisotopic (exact) mass is 298 g/mol. The third-order valence-corrected chi connectivity index (χ3v) is 3.29. The van der Waals surface area contributed by atoms with Crippen molar-refractivity contribution in [1.29, 1.82) is 0 Å². The summed E-state index contributed by atoms with van der Waals surface area (Å²) in [6, 6.07) is 15.5. The average Bonchev–Trinajstić information content (AvgIpc) is 2.74. The van der Waals surface area contributed by atoms with Crippen LogP contribution in [-0.4, -0.2) is 11.9 Å². The van der Waals surface area contributed by atoms with Crippen LogP contribution in [0.2, 0.25) is 5.02 Å². The van der Waals surface area contributed by atoms with Gasteiger partial charge in [0.2, 0.25) is 0 Å². The number of nitrogens with one attached hydrogen (secondary N) is 1. The van der Waals surface area contributed by atoms with E-state index >= 15 is 0 Å². The van der Waals surface area contributed by atoms with Gasteiger partial charge in [0.1, 0.15) is 5.70 Å². The third kappa shape index (κ3) is 2.66. The number of imide groups is 1. The molecule has 2 aromatic rings. The maximum Gasteiger partial charge on any atom is 0.333 e. The van der Waals surface area contributed by atoms with Gasteiger partial charge < -0.3 is 5.32 Å². The molecule has 0 aromatic heterocycles. The van der Waals surface area contributed by atoms with Crippen LogP contribution in [0.15, 0.2) is 60.3 Å². The zero-order chi connectivity index (χ0) is 14.8. The summed E-state index contributed by atoms with van der Waals surface area (Å²) in [6.07, 6.45) is 1.64. The molecule has 21 heavy (non-hydrogen) atoms. The lowest BCUT2D eigenvalue weighted by molar-refractivity contribution is -0.113. The molecule has 0 saturated carbocycles. The molecular weight excluding hydrogens is 288 g/mol. The second kappa shape index (κ2) is 5.42. The Morgan fingerprint density at radius 2 is 1.76 bits per heavy atom. The van der Waals surface area contributed by atoms with Crippen LogP contribution < -0.4 is 10.2 Å². The van der Waals surface area contributed by atoms with Crippen molar-refractivity contribution >= 4 is 35.3 Å². The smallest absolute Gasteiger partial charge is 0.302 e. The predicted molar refractivity (Wildman–Crippen MR) is 81.9 cm³/mol. The van der Waals surface area contributed by atoms with Crippen LogP contribution in [0.5, 0.6) is 0 Å². The minimum absolute atomic E-state index is 0.242. The maximum atomic E-state index is 12.4. The Balaban J connectivity index is 1.94. The molecule has 1 heterocycles. The van der Waals surface area contributed by atoms with Crippen LogP contribution in [0.1, 0.15) is 5.56 Å². The highest BCUT2D eigenvalue weighted by molar-refractivity contribution is 6.32. The van der Waals surface area contributed by atoms with Crippen molar-refractivity contribution in [1.82, 2.24) is 5.32 Å². The first kappa shape index (κ1) is 13.4. The number of rotatable bonds is 2. The fraction of sp³-hybridized carbons (Fsp3) is 0. The second-order valence-corrected chi connectivity index (χ2v) is 4.96. The Hall–Kier alpha value is -2.59. The van der Waals surface area contributed by atoms with Gasteiger partial charge in [-0.05, 0) is 29.8 Å². The number of nitrogens with zero attached hydrogens (tertiary/aromatic N) is 1. The predicted octanol–water partition coefficient (Wildman–Crippen LogP) is 3.44. The van der Waals surface area contributed by atoms with Crippen LogP contribution >= 0.6 is 11.6 Å². The molecule has 4 nitrogen and oxygen atoms in total. The van der Waals surface area contributed by atoms with E-state index in [9.17, 15) is 9.59 Å². The van der Waals surface area contributed by atoms with Gasteiger partial charge in [-0.25, -0.2) is 9.69 Å². The summed E-state index contributed by atoms with van der Waals surface area (Å²) in [4.78, 5) is 25.4. The lowest BCUT2D eigenvalue weighted by atomic mass is 10.2. The summed E-state index contributed by atoms with van der Waals surface area (Å²) in [5.41, 5.74) is 1.53. The van der Waals surface area contributed by atoms with Gasteiger partial charge in [-0.1, -0.05) is 48.0 Å². The van der Waals surface area contributed by atoms with Crippen molar-refractivity contribution in [2.24, 2.45) is 0 Å². The summed E-state index contributed by atoms with van der Waals surface area (Å²) in [6.45, 7) is 0. The fourth-order valence-corrected chi connectivity index (χ4v) is 2.29. The summed E-state index contributed by atoms with van der Waals surface area (Å²) in [7, 11) is 0. The number of carbonyl (C=O) groups excluding carboxylic acids is 2. The normalized spacial score (nSPS) is 16.4. The molecule has 104 valence electrons. The van der Waals surface area contributed by atoms with Gasteiger partial charge in [0, 0.05) is 5.02 Å². The zero-order valence-corrected chi connectivity index (χ0v) is 11.7. The Kier molecular flexibility index (Phi) is 3.46. The number of hydrogen-bond donors (Lipinski definition) is 1. The number of anilines is 1. The first-order valence-corrected chi connectivity index (χ1v) is 6.71. The van der Waals surface area contributed by atoms with Gasteiger partial charge in [-0.2, -0.15) is 0 Å². The van der Waals surface area contributed by atoms with Crippen LogP contribution in [0.4, 0.5) is 10.5 Å². The van der Waals surface area contributed by atoms with E-state index in [1.807, 2.05) is 30.3 Å². The Bertz CT molecular complexity index is 741. The molecule has 5 heteroatoms. The Labute approximate surface area is 126 Å². The van der Waals surface area contributed by atoms with Gasteiger partial charge in [0.05, 0.1) is 5.69 Å². The molecule has 0 spiro atoms. The molecule has 1 saturated heterocycles. The van der Waals surface area contributed by atoms with Gasteiger partial charge >= 0.3 is 6.03 Å². The van der Waals surface area contributed by atoms with Gasteiger partial charge in [0.25, 0.3) is 5.91 Å². The SMILES string of the molecule is O=C1NC(=Cc2ccccc2)C(=O)N1c1cccc(Cl)c1. The standard InChI is InChI=1S/C16H11ClN2O2/c17-12-7-4-8-13(10-12)19-15(20)14(18-16(19)21)9-11-5-2-1-3-6-11/h1-10H,(H,18,21). The maximum absolute atomic E-state index is 12.4. The molecule has 0 radical (unpaired) electrons. The molecule has 1 N–H and O–H groups in total. The lowest BCUT2D eigenvalue weighted by Crippen LogP contribution is -2.30. The van der Waals surface area contributed by atoms with Crippen molar-refractivity contribution in [3.8, 4) is 0 Å². The largest absolute Gasteiger partial charge is 0.333 e. The molecule has 3 rings (SSSR count). The van der Waals surface area contributed by atoms with E-state index in [0.717, 1.165) is 10.5 Å². The molecule has 1 aliphatic rings. The lowest BCUT2D eigenvalue weighted by Gasteiger charge is -2.11. The van der Waals surface area contributed by atoms with Crippen molar-refractivity contribution in [3.05, 3.63) is 70.9 Å². The quantitative estimate of drug-likeness (QED) is 0.682. The highest BCUT2D eigenvalue weighted by atomic mass is 35.5. The summed E-state index contributed by atoms with van der Waals surface area (Å²) in [5.74, 6) is -0.397. The third-order valence-electron chi connectivity index (χ3n) is 3.06. The number of amides is 3. The van der Waals surface area contributed by atoms with E-state index in [2.05, 4.69) is 5.32 Å². The van der Waals surface area contributed by atoms with E-state index in [0.29, 0.717) is 10.7 Å². The summed E-state index contributed by atoms with van der Waals surface area (Å²) in [5, 5.41) is 3.04. The molecular formula is C16H11ClN2O2. The first-order valence-electron chi connectivity index (χ1n) is 6.33. The number of hydrogen-bond acceptors (Lipinski definition) is 2. The van der Waals surface area contributed by atoms with E-state index in [-0.39, 0.29) is 5.70 Å². The van der Waals surface area contributed by atoms with Crippen LogP contribution in [0.3, 0.4) is 0 Å². The second-order valence-electron chi connectivity index (χ2n) is 4.52. The van der Waals surface area contributed by atoms with Crippen molar-refractivity contribution in [2.45, 2.75) is 0 Å². The number of urea groups is 1. The Morgan fingerprint density at radius 1 is 1.00 bits per heavy atom. The summed E-state index contributed by atoms with van der Waals surface area (Å²) < 4.78 is 0. The minimum Gasteiger partial charge on any atom is -0.302 e. The van der Waals surface area contributed by atoms with E-state index < -0.39 is 11.9 Å². The van der Waals surface area contributed by atoms with Crippen molar-refractivity contribution < 1.29 is 9.59 Å². The van der Waals surface area contributed by atoms with Gasteiger partial charge in [-0.15, -0.1) is 0 Å². The molecule has 3 amide bonds. The van der Waals surface area contributed by atoms with Crippen LogP contribution in [0.25, 0.3) is 6.08 Å². The molecule has 2 aromatic carbocycles. The van der Waals surface area contributed by atoms with Crippen LogP contribution in [-0.2, 0) is 4.79 Å². The molecule has 0 atom stereocenters. The average molecular weight is 299 g/mol. The highest BCUT2D eigenvalue weighted by Gasteiger charge is 2.34. The van der Waals surface area contributed by atoms with Crippen molar-refractivity contribution in [3.63, 3.8) is 0 Å². The van der Waals surface area contributed by atoms with Crippen LogP contribution in [0, 0.1) is 0 Å². The van der Waals surface area contributed by atoms with E-state index in [1.54, 1.807) is 30.3 Å². The van der Waals surface area contributed by atoms with E-state index in [4.69, 9.17) is 11.6 Å². The topological polar surface area (TPSA) is 49.4 Å². The summed E-state index contributed by atoms with van der Waals surface area (Å²) >= 11 is 5.90.